The second-order valence-corrected chi connectivity index (χ2v) is 5.35. The number of rotatable bonds is 4. The van der Waals surface area contributed by atoms with E-state index in [1.807, 2.05) is 0 Å². The molecule has 1 heterocycles. The Kier molecular flexibility index (Phi) is 7.39. The van der Waals surface area contributed by atoms with E-state index >= 15 is 0 Å². The van der Waals surface area contributed by atoms with E-state index < -0.39 is 11.9 Å². The van der Waals surface area contributed by atoms with Crippen LogP contribution in [0, 0.1) is 11.7 Å². The molecular formula is C14H19Cl2FN2O2. The molecule has 4 nitrogen and oxygen atoms in total. The third-order valence-corrected chi connectivity index (χ3v) is 3.82. The first-order chi connectivity index (χ1) is 9.58. The number of nitrogens with one attached hydrogen (secondary N) is 1. The van der Waals surface area contributed by atoms with Crippen molar-refractivity contribution in [3.05, 3.63) is 34.6 Å². The van der Waals surface area contributed by atoms with Crippen LogP contribution >= 0.6 is 24.0 Å². The maximum Gasteiger partial charge on any atom is 0.237 e. The molecule has 1 amide bonds. The van der Waals surface area contributed by atoms with Crippen molar-refractivity contribution in [3.8, 4) is 0 Å². The van der Waals surface area contributed by atoms with Crippen molar-refractivity contribution in [1.29, 1.82) is 0 Å². The fourth-order valence-electron chi connectivity index (χ4n) is 2.25. The van der Waals surface area contributed by atoms with E-state index in [1.165, 1.54) is 12.1 Å². The molecule has 1 aromatic rings. The van der Waals surface area contributed by atoms with Gasteiger partial charge in [-0.2, -0.15) is 0 Å². The van der Waals surface area contributed by atoms with Crippen molar-refractivity contribution in [2.45, 2.75) is 25.4 Å². The van der Waals surface area contributed by atoms with E-state index in [2.05, 4.69) is 5.32 Å². The molecule has 118 valence electrons. The molecule has 21 heavy (non-hydrogen) atoms. The molecule has 1 atom stereocenters. The van der Waals surface area contributed by atoms with Crippen LogP contribution in [0.15, 0.2) is 18.2 Å². The first-order valence-electron chi connectivity index (χ1n) is 6.63. The minimum absolute atomic E-state index is 0. The third kappa shape index (κ3) is 5.11. The number of carbonyl (C=O) groups is 1. The first-order valence-corrected chi connectivity index (χ1v) is 7.00. The van der Waals surface area contributed by atoms with Gasteiger partial charge in [-0.1, -0.05) is 17.7 Å². The van der Waals surface area contributed by atoms with E-state index in [9.17, 15) is 9.18 Å². The lowest BCUT2D eigenvalue weighted by Crippen LogP contribution is -2.46. The highest BCUT2D eigenvalue weighted by atomic mass is 35.5. The lowest BCUT2D eigenvalue weighted by molar-refractivity contribution is -0.124. The highest BCUT2D eigenvalue weighted by Gasteiger charge is 2.26. The van der Waals surface area contributed by atoms with Crippen LogP contribution in [0.25, 0.3) is 0 Å². The Morgan fingerprint density at radius 3 is 2.76 bits per heavy atom. The fraction of sp³-hybridized carbons (Fsp3) is 0.500. The summed E-state index contributed by atoms with van der Waals surface area (Å²) in [5.74, 6) is -0.515. The summed E-state index contributed by atoms with van der Waals surface area (Å²) in [7, 11) is 0. The molecule has 0 spiro atoms. The van der Waals surface area contributed by atoms with E-state index in [0.717, 1.165) is 18.4 Å². The predicted octanol–water partition coefficient (Wildman–Crippen LogP) is 2.27. The highest BCUT2D eigenvalue weighted by Crippen LogP contribution is 2.18. The maximum absolute atomic E-state index is 13.0. The first kappa shape index (κ1) is 18.2. The van der Waals surface area contributed by atoms with Gasteiger partial charge in [-0.15, -0.1) is 12.4 Å². The lowest BCUT2D eigenvalue weighted by atomic mass is 9.92. The molecule has 0 saturated carbocycles. The minimum Gasteiger partial charge on any atom is -0.381 e. The zero-order valence-electron chi connectivity index (χ0n) is 11.5. The second kappa shape index (κ2) is 8.54. The predicted molar refractivity (Wildman–Crippen MR) is 82.0 cm³/mol. The Bertz CT molecular complexity index is 482. The summed E-state index contributed by atoms with van der Waals surface area (Å²) in [4.78, 5) is 12.0. The number of hydrogen-bond acceptors (Lipinski definition) is 3. The summed E-state index contributed by atoms with van der Waals surface area (Å²) in [6.07, 6.45) is 1.61. The van der Waals surface area contributed by atoms with Gasteiger partial charge in [0.15, 0.2) is 0 Å². The zero-order valence-corrected chi connectivity index (χ0v) is 13.1. The Hall–Kier alpha value is -0.880. The summed E-state index contributed by atoms with van der Waals surface area (Å²) in [6.45, 7) is 1.59. The summed E-state index contributed by atoms with van der Waals surface area (Å²) >= 11 is 5.69. The standard InChI is InChI=1S/C14H18ClFN2O2.ClH/c15-11-7-9(1-2-12(11)16)8-18-14(19)13(17)10-3-5-20-6-4-10;/h1-2,7,10,13H,3-6,8,17H2,(H,18,19);1H. The quantitative estimate of drug-likeness (QED) is 0.886. The van der Waals surface area contributed by atoms with Crippen LogP contribution in [0.3, 0.4) is 0 Å². The Balaban J connectivity index is 0.00000220. The molecule has 1 fully saturated rings. The summed E-state index contributed by atoms with van der Waals surface area (Å²) in [6, 6.07) is 3.83. The van der Waals surface area contributed by atoms with Gasteiger partial charge in [0.1, 0.15) is 5.82 Å². The maximum atomic E-state index is 13.0. The largest absolute Gasteiger partial charge is 0.381 e. The van der Waals surface area contributed by atoms with Crippen LogP contribution in [0.4, 0.5) is 4.39 Å². The van der Waals surface area contributed by atoms with Gasteiger partial charge in [-0.3, -0.25) is 4.79 Å². The monoisotopic (exact) mass is 336 g/mol. The van der Waals surface area contributed by atoms with Crippen molar-refractivity contribution in [2.75, 3.05) is 13.2 Å². The summed E-state index contributed by atoms with van der Waals surface area (Å²) in [5, 5.41) is 2.80. The molecule has 1 unspecified atom stereocenters. The second-order valence-electron chi connectivity index (χ2n) is 4.94. The average Bonchev–Trinajstić information content (AvgIpc) is 2.48. The van der Waals surface area contributed by atoms with E-state index in [-0.39, 0.29) is 35.8 Å². The summed E-state index contributed by atoms with van der Waals surface area (Å²) < 4.78 is 18.3. The van der Waals surface area contributed by atoms with Gasteiger partial charge in [0.05, 0.1) is 11.1 Å². The smallest absolute Gasteiger partial charge is 0.237 e. The van der Waals surface area contributed by atoms with Crippen LogP contribution < -0.4 is 11.1 Å². The molecule has 0 radical (unpaired) electrons. The summed E-state index contributed by atoms with van der Waals surface area (Å²) in [5.41, 5.74) is 6.70. The van der Waals surface area contributed by atoms with Gasteiger partial charge >= 0.3 is 0 Å². The molecule has 0 aliphatic carbocycles. The van der Waals surface area contributed by atoms with Crippen LogP contribution in [0.5, 0.6) is 0 Å². The van der Waals surface area contributed by atoms with Crippen molar-refractivity contribution in [2.24, 2.45) is 11.7 Å². The molecule has 0 aromatic heterocycles. The van der Waals surface area contributed by atoms with Crippen molar-refractivity contribution >= 4 is 29.9 Å². The van der Waals surface area contributed by atoms with Gasteiger partial charge in [0.2, 0.25) is 5.91 Å². The molecule has 0 bridgehead atoms. The molecular weight excluding hydrogens is 318 g/mol. The van der Waals surface area contributed by atoms with Gasteiger partial charge in [0.25, 0.3) is 0 Å². The molecule has 2 rings (SSSR count). The van der Waals surface area contributed by atoms with Crippen LogP contribution in [0.2, 0.25) is 5.02 Å². The Morgan fingerprint density at radius 2 is 2.14 bits per heavy atom. The van der Waals surface area contributed by atoms with Gasteiger partial charge < -0.3 is 15.8 Å². The van der Waals surface area contributed by atoms with Gasteiger partial charge in [0, 0.05) is 19.8 Å². The third-order valence-electron chi connectivity index (χ3n) is 3.53. The number of halogens is 3. The fourth-order valence-corrected chi connectivity index (χ4v) is 2.45. The zero-order chi connectivity index (χ0) is 14.5. The SMILES string of the molecule is Cl.NC(C(=O)NCc1ccc(F)c(Cl)c1)C1CCOCC1. The normalized spacial score (nSPS) is 16.9. The number of amides is 1. The number of benzene rings is 1. The molecule has 1 aromatic carbocycles. The van der Waals surface area contributed by atoms with Crippen molar-refractivity contribution in [1.82, 2.24) is 5.32 Å². The molecule has 1 aliphatic rings. The van der Waals surface area contributed by atoms with Crippen LogP contribution in [-0.4, -0.2) is 25.2 Å². The molecule has 3 N–H and O–H groups in total. The van der Waals surface area contributed by atoms with Gasteiger partial charge in [-0.05, 0) is 36.5 Å². The Morgan fingerprint density at radius 1 is 1.48 bits per heavy atom. The Labute approximate surface area is 134 Å². The van der Waals surface area contributed by atoms with Gasteiger partial charge in [-0.25, -0.2) is 4.39 Å². The van der Waals surface area contributed by atoms with E-state index in [4.69, 9.17) is 22.1 Å². The number of ether oxygens (including phenoxy) is 1. The van der Waals surface area contributed by atoms with Crippen molar-refractivity contribution < 1.29 is 13.9 Å². The highest BCUT2D eigenvalue weighted by molar-refractivity contribution is 6.30. The van der Waals surface area contributed by atoms with Crippen LogP contribution in [-0.2, 0) is 16.1 Å². The molecule has 7 heteroatoms. The average molecular weight is 337 g/mol. The van der Waals surface area contributed by atoms with Crippen molar-refractivity contribution in [3.63, 3.8) is 0 Å². The minimum atomic E-state index is -0.533. The topological polar surface area (TPSA) is 64.4 Å². The number of hydrogen-bond donors (Lipinski definition) is 2. The lowest BCUT2D eigenvalue weighted by Gasteiger charge is -2.26. The van der Waals surface area contributed by atoms with E-state index in [0.29, 0.717) is 13.2 Å². The number of nitrogens with two attached hydrogens (primary N) is 1. The molecule has 1 aliphatic heterocycles. The number of carbonyl (C=O) groups excluding carboxylic acids is 1. The molecule has 1 saturated heterocycles. The van der Waals surface area contributed by atoms with Crippen LogP contribution in [0.1, 0.15) is 18.4 Å². The van der Waals surface area contributed by atoms with E-state index in [1.54, 1.807) is 6.07 Å².